The number of aromatic nitrogens is 1. The van der Waals surface area contributed by atoms with Crippen LogP contribution in [-0.4, -0.2) is 24.0 Å². The van der Waals surface area contributed by atoms with Crippen LogP contribution in [0.25, 0.3) is 0 Å². The number of methoxy groups -OCH3 is 1. The minimum Gasteiger partial charge on any atom is -0.465 e. The molecule has 1 aromatic heterocycles. The number of hydrogen-bond donors (Lipinski definition) is 2. The van der Waals surface area contributed by atoms with E-state index in [2.05, 4.69) is 33.3 Å². The molecule has 1 amide bonds. The first-order valence-corrected chi connectivity index (χ1v) is 8.76. The molecule has 2 N–H and O–H groups in total. The Morgan fingerprint density at radius 1 is 0.929 bits per heavy atom. The van der Waals surface area contributed by atoms with Gasteiger partial charge in [0.25, 0.3) is 5.91 Å². The van der Waals surface area contributed by atoms with Crippen LogP contribution in [0.15, 0.2) is 60.8 Å². The molecule has 142 valence electrons. The number of nitrogens with zero attached hydrogens (tertiary/aromatic N) is 1. The zero-order chi connectivity index (χ0) is 20.1. The molecule has 0 unspecified atom stereocenters. The monoisotopic (exact) mass is 375 g/mol. The maximum absolute atomic E-state index is 12.4. The predicted molar refractivity (Wildman–Crippen MR) is 109 cm³/mol. The second-order valence-electron chi connectivity index (χ2n) is 6.40. The van der Waals surface area contributed by atoms with E-state index in [0.29, 0.717) is 16.9 Å². The van der Waals surface area contributed by atoms with E-state index in [1.54, 1.807) is 36.5 Å². The fourth-order valence-corrected chi connectivity index (χ4v) is 2.71. The van der Waals surface area contributed by atoms with E-state index in [1.807, 2.05) is 25.1 Å². The number of anilines is 3. The number of carbonyl (C=O) groups excluding carboxylic acids is 2. The zero-order valence-electron chi connectivity index (χ0n) is 15.9. The molecule has 0 aliphatic carbocycles. The summed E-state index contributed by atoms with van der Waals surface area (Å²) in [6.07, 6.45) is 1.62. The molecule has 3 aromatic rings. The Labute approximate surface area is 163 Å². The molecule has 0 atom stereocenters. The fraction of sp³-hybridized carbons (Fsp3) is 0.136. The third-order valence-corrected chi connectivity index (χ3v) is 4.22. The van der Waals surface area contributed by atoms with Gasteiger partial charge in [-0.25, -0.2) is 9.78 Å². The second kappa shape index (κ2) is 8.35. The predicted octanol–water partition coefficient (Wildman–Crippen LogP) is 4.48. The van der Waals surface area contributed by atoms with Crippen molar-refractivity contribution in [3.63, 3.8) is 0 Å². The number of aryl methyl sites for hydroxylation is 2. The van der Waals surface area contributed by atoms with Crippen molar-refractivity contribution in [1.82, 2.24) is 4.98 Å². The summed E-state index contributed by atoms with van der Waals surface area (Å²) in [5.41, 5.74) is 5.41. The minimum absolute atomic E-state index is 0.295. The second-order valence-corrected chi connectivity index (χ2v) is 6.40. The first-order chi connectivity index (χ1) is 13.5. The van der Waals surface area contributed by atoms with Gasteiger partial charge in [0.2, 0.25) is 0 Å². The molecule has 3 rings (SSSR count). The normalized spacial score (nSPS) is 10.2. The highest BCUT2D eigenvalue weighted by molar-refractivity contribution is 6.03. The highest BCUT2D eigenvalue weighted by Gasteiger charge is 2.10. The summed E-state index contributed by atoms with van der Waals surface area (Å²) in [5, 5.41) is 6.05. The van der Waals surface area contributed by atoms with E-state index in [-0.39, 0.29) is 5.91 Å². The Bertz CT molecular complexity index is 997. The summed E-state index contributed by atoms with van der Waals surface area (Å²) in [4.78, 5) is 28.0. The van der Waals surface area contributed by atoms with Crippen LogP contribution < -0.4 is 10.6 Å². The van der Waals surface area contributed by atoms with Gasteiger partial charge in [0, 0.05) is 11.4 Å². The van der Waals surface area contributed by atoms with Gasteiger partial charge in [-0.15, -0.1) is 0 Å². The van der Waals surface area contributed by atoms with Crippen molar-refractivity contribution in [3.05, 3.63) is 83.2 Å². The van der Waals surface area contributed by atoms with Gasteiger partial charge in [-0.05, 0) is 61.9 Å². The Kier molecular flexibility index (Phi) is 5.69. The average molecular weight is 375 g/mol. The van der Waals surface area contributed by atoms with Gasteiger partial charge in [-0.3, -0.25) is 4.79 Å². The van der Waals surface area contributed by atoms with E-state index < -0.39 is 5.97 Å². The van der Waals surface area contributed by atoms with Gasteiger partial charge in [0.15, 0.2) is 0 Å². The lowest BCUT2D eigenvalue weighted by atomic mass is 10.1. The van der Waals surface area contributed by atoms with Crippen molar-refractivity contribution in [1.29, 1.82) is 0 Å². The number of pyridine rings is 1. The summed E-state index contributed by atoms with van der Waals surface area (Å²) in [5.74, 6) is -0.754. The summed E-state index contributed by atoms with van der Waals surface area (Å²) in [7, 11) is 1.32. The average Bonchev–Trinajstić information content (AvgIpc) is 2.70. The van der Waals surface area contributed by atoms with Crippen molar-refractivity contribution < 1.29 is 14.3 Å². The third kappa shape index (κ3) is 4.54. The van der Waals surface area contributed by atoms with Gasteiger partial charge in [0.1, 0.15) is 5.69 Å². The van der Waals surface area contributed by atoms with Gasteiger partial charge < -0.3 is 15.4 Å². The zero-order valence-corrected chi connectivity index (χ0v) is 15.9. The number of amides is 1. The van der Waals surface area contributed by atoms with Crippen molar-refractivity contribution in [2.45, 2.75) is 13.8 Å². The smallest absolute Gasteiger partial charge is 0.337 e. The molecule has 28 heavy (non-hydrogen) atoms. The molecule has 6 nitrogen and oxygen atoms in total. The van der Waals surface area contributed by atoms with Crippen molar-refractivity contribution >= 4 is 28.9 Å². The van der Waals surface area contributed by atoms with E-state index in [4.69, 9.17) is 0 Å². The molecule has 0 saturated carbocycles. The lowest BCUT2D eigenvalue weighted by Gasteiger charge is -2.11. The van der Waals surface area contributed by atoms with Crippen LogP contribution in [-0.2, 0) is 4.74 Å². The minimum atomic E-state index is -0.425. The van der Waals surface area contributed by atoms with E-state index in [1.165, 1.54) is 12.7 Å². The molecule has 0 radical (unpaired) electrons. The lowest BCUT2D eigenvalue weighted by molar-refractivity contribution is 0.0600. The van der Waals surface area contributed by atoms with Crippen LogP contribution in [0.3, 0.4) is 0 Å². The highest BCUT2D eigenvalue weighted by atomic mass is 16.5. The summed E-state index contributed by atoms with van der Waals surface area (Å²) >= 11 is 0. The number of benzene rings is 2. The molecule has 0 saturated heterocycles. The SMILES string of the molecule is COC(=O)c1ccc(NC(=O)c2ccc(Nc3ccc(C)cc3C)cn2)cc1. The topological polar surface area (TPSA) is 80.3 Å². The molecule has 0 aliphatic heterocycles. The van der Waals surface area contributed by atoms with Crippen LogP contribution in [0.4, 0.5) is 17.1 Å². The van der Waals surface area contributed by atoms with Crippen LogP contribution in [0, 0.1) is 13.8 Å². The Morgan fingerprint density at radius 2 is 1.64 bits per heavy atom. The van der Waals surface area contributed by atoms with Crippen molar-refractivity contribution in [3.8, 4) is 0 Å². The summed E-state index contributed by atoms with van der Waals surface area (Å²) in [6.45, 7) is 4.09. The van der Waals surface area contributed by atoms with E-state index in [0.717, 1.165) is 16.9 Å². The molecule has 2 aromatic carbocycles. The van der Waals surface area contributed by atoms with E-state index in [9.17, 15) is 9.59 Å². The third-order valence-electron chi connectivity index (χ3n) is 4.22. The van der Waals surface area contributed by atoms with Crippen LogP contribution >= 0.6 is 0 Å². The van der Waals surface area contributed by atoms with Crippen LogP contribution in [0.5, 0.6) is 0 Å². The molecular formula is C22H21N3O3. The number of carbonyl (C=O) groups is 2. The molecule has 0 fully saturated rings. The highest BCUT2D eigenvalue weighted by Crippen LogP contribution is 2.21. The number of hydrogen-bond acceptors (Lipinski definition) is 5. The van der Waals surface area contributed by atoms with Gasteiger partial charge in [-0.2, -0.15) is 0 Å². The van der Waals surface area contributed by atoms with Crippen LogP contribution in [0.1, 0.15) is 32.0 Å². The molecule has 1 heterocycles. The van der Waals surface area contributed by atoms with Crippen molar-refractivity contribution in [2.75, 3.05) is 17.7 Å². The summed E-state index contributed by atoms with van der Waals surface area (Å²) in [6, 6.07) is 16.1. The maximum atomic E-state index is 12.4. The first kappa shape index (κ1) is 19.1. The lowest BCUT2D eigenvalue weighted by Crippen LogP contribution is -2.13. The number of nitrogens with one attached hydrogen (secondary N) is 2. The number of esters is 1. The molecule has 6 heteroatoms. The first-order valence-electron chi connectivity index (χ1n) is 8.76. The Morgan fingerprint density at radius 3 is 2.25 bits per heavy atom. The Balaban J connectivity index is 1.65. The standard InChI is InChI=1S/C22H21N3O3/c1-14-4-10-19(15(2)12-14)24-18-9-11-20(23-13-18)21(26)25-17-7-5-16(6-8-17)22(27)28-3/h4-13,24H,1-3H3,(H,25,26). The molecule has 0 bridgehead atoms. The van der Waals surface area contributed by atoms with Gasteiger partial charge in [0.05, 0.1) is 24.6 Å². The van der Waals surface area contributed by atoms with Crippen LogP contribution in [0.2, 0.25) is 0 Å². The number of rotatable bonds is 5. The van der Waals surface area contributed by atoms with Gasteiger partial charge >= 0.3 is 5.97 Å². The number of ether oxygens (including phenoxy) is 1. The fourth-order valence-electron chi connectivity index (χ4n) is 2.71. The molecule has 0 aliphatic rings. The van der Waals surface area contributed by atoms with Crippen molar-refractivity contribution in [2.24, 2.45) is 0 Å². The molecular weight excluding hydrogens is 354 g/mol. The summed E-state index contributed by atoms with van der Waals surface area (Å²) < 4.78 is 4.65. The quantitative estimate of drug-likeness (QED) is 0.643. The maximum Gasteiger partial charge on any atom is 0.337 e. The molecule has 0 spiro atoms. The largest absolute Gasteiger partial charge is 0.465 e. The van der Waals surface area contributed by atoms with E-state index >= 15 is 0 Å². The van der Waals surface area contributed by atoms with Gasteiger partial charge in [-0.1, -0.05) is 17.7 Å². The Hall–Kier alpha value is -3.67.